The Kier molecular flexibility index (Phi) is 10.8. The molecule has 1 aliphatic heterocycles. The van der Waals surface area contributed by atoms with Gasteiger partial charge < -0.3 is 0 Å². The summed E-state index contributed by atoms with van der Waals surface area (Å²) < 4.78 is 19.8. The lowest BCUT2D eigenvalue weighted by molar-refractivity contribution is 0.117. The fourth-order valence-electron chi connectivity index (χ4n) is 4.24. The van der Waals surface area contributed by atoms with Gasteiger partial charge in [0.1, 0.15) is 0 Å². The van der Waals surface area contributed by atoms with Gasteiger partial charge in [-0.25, -0.2) is 19.3 Å². The zero-order valence-electron chi connectivity index (χ0n) is 21.7. The molecule has 3 aromatic carbocycles. The monoisotopic (exact) mass is 603 g/mol. The summed E-state index contributed by atoms with van der Waals surface area (Å²) in [6.07, 6.45) is 1.13. The third-order valence-electron chi connectivity index (χ3n) is 6.18. The SMILES string of the molecule is CC.NS(=O)OC1CC(N=C(NSc2ccc(Cl)cc2)N2CC(c3ccccc3)C(c3ccc(Cl)cc3)=N2)C1. The average molecular weight is 605 g/mol. The van der Waals surface area contributed by atoms with E-state index in [1.54, 1.807) is 0 Å². The van der Waals surface area contributed by atoms with Crippen LogP contribution in [0.2, 0.25) is 10.0 Å². The average Bonchev–Trinajstić information content (AvgIpc) is 3.37. The van der Waals surface area contributed by atoms with E-state index in [1.807, 2.05) is 85.6 Å². The van der Waals surface area contributed by atoms with Crippen molar-refractivity contribution in [2.45, 2.75) is 49.6 Å². The summed E-state index contributed by atoms with van der Waals surface area (Å²) in [5.41, 5.74) is 3.13. The van der Waals surface area contributed by atoms with E-state index in [-0.39, 0.29) is 18.1 Å². The molecule has 1 saturated carbocycles. The summed E-state index contributed by atoms with van der Waals surface area (Å²) in [6, 6.07) is 25.7. The van der Waals surface area contributed by atoms with Crippen molar-refractivity contribution >= 4 is 58.1 Å². The lowest BCUT2D eigenvalue weighted by Crippen LogP contribution is -2.41. The van der Waals surface area contributed by atoms with E-state index in [0.717, 1.165) is 16.2 Å². The number of nitrogens with zero attached hydrogens (tertiary/aromatic N) is 3. The molecule has 0 spiro atoms. The maximum absolute atomic E-state index is 11.2. The maximum atomic E-state index is 11.2. The van der Waals surface area contributed by atoms with Crippen LogP contribution in [0.3, 0.4) is 0 Å². The number of hydrogen-bond donors (Lipinski definition) is 2. The summed E-state index contributed by atoms with van der Waals surface area (Å²) in [5, 5.41) is 13.6. The van der Waals surface area contributed by atoms with Crippen LogP contribution in [0, 0.1) is 0 Å². The number of benzene rings is 3. The van der Waals surface area contributed by atoms with E-state index in [2.05, 4.69) is 16.9 Å². The second kappa shape index (κ2) is 14.3. The van der Waals surface area contributed by atoms with Crippen LogP contribution >= 0.6 is 35.1 Å². The fraction of sp³-hybridized carbons (Fsp3) is 0.286. The quantitative estimate of drug-likeness (QED) is 0.181. The number of aliphatic imine (C=N–C) groups is 1. The molecule has 0 aromatic heterocycles. The number of hydrazone groups is 1. The molecule has 2 aliphatic rings. The highest BCUT2D eigenvalue weighted by Crippen LogP contribution is 2.32. The van der Waals surface area contributed by atoms with E-state index >= 15 is 0 Å². The Morgan fingerprint density at radius 2 is 1.64 bits per heavy atom. The summed E-state index contributed by atoms with van der Waals surface area (Å²) in [4.78, 5) is 5.95. The molecule has 2 atom stereocenters. The predicted molar refractivity (Wildman–Crippen MR) is 163 cm³/mol. The minimum absolute atomic E-state index is 0.00632. The highest BCUT2D eigenvalue weighted by atomic mass is 35.5. The van der Waals surface area contributed by atoms with Crippen molar-refractivity contribution in [2.24, 2.45) is 15.2 Å². The molecule has 0 amide bonds. The van der Waals surface area contributed by atoms with Crippen molar-refractivity contribution in [2.75, 3.05) is 6.54 Å². The van der Waals surface area contributed by atoms with E-state index < -0.39 is 11.3 Å². The number of nitrogens with one attached hydrogen (secondary N) is 1. The lowest BCUT2D eigenvalue weighted by atomic mass is 9.90. The molecule has 3 aromatic rings. The third kappa shape index (κ3) is 8.06. The molecule has 3 N–H and O–H groups in total. The van der Waals surface area contributed by atoms with Crippen LogP contribution in [0.25, 0.3) is 0 Å². The first kappa shape index (κ1) is 29.6. The van der Waals surface area contributed by atoms with Gasteiger partial charge in [-0.2, -0.15) is 5.10 Å². The highest BCUT2D eigenvalue weighted by molar-refractivity contribution is 7.98. The van der Waals surface area contributed by atoms with Crippen molar-refractivity contribution in [3.05, 3.63) is 100 Å². The topological polar surface area (TPSA) is 92.3 Å². The number of hydrogen-bond acceptors (Lipinski definition) is 5. The van der Waals surface area contributed by atoms with E-state index in [4.69, 9.17) is 42.6 Å². The van der Waals surface area contributed by atoms with Gasteiger partial charge in [-0.15, -0.1) is 0 Å². The van der Waals surface area contributed by atoms with Gasteiger partial charge in [0.15, 0.2) is 0 Å². The summed E-state index contributed by atoms with van der Waals surface area (Å²) >= 11 is 11.9. The van der Waals surface area contributed by atoms with Gasteiger partial charge in [-0.05, 0) is 72.3 Å². The molecular formula is C28H31Cl2N5O2S2. The van der Waals surface area contributed by atoms with Crippen LogP contribution in [-0.2, 0) is 15.4 Å². The van der Waals surface area contributed by atoms with Crippen LogP contribution < -0.4 is 9.86 Å². The first-order valence-corrected chi connectivity index (χ1v) is 15.4. The molecule has 1 aliphatic carbocycles. The van der Waals surface area contributed by atoms with Crippen LogP contribution in [0.5, 0.6) is 0 Å². The first-order chi connectivity index (χ1) is 18.9. The Labute approximate surface area is 246 Å². The van der Waals surface area contributed by atoms with Gasteiger partial charge in [0.2, 0.25) is 17.2 Å². The van der Waals surface area contributed by atoms with Crippen molar-refractivity contribution in [1.82, 2.24) is 9.73 Å². The first-order valence-electron chi connectivity index (χ1n) is 12.7. The van der Waals surface area contributed by atoms with E-state index in [9.17, 15) is 4.21 Å². The summed E-state index contributed by atoms with van der Waals surface area (Å²) in [7, 11) is 0. The zero-order chi connectivity index (χ0) is 27.8. The Hall–Kier alpha value is -2.40. The standard InChI is InChI=1S/C26H25Cl2N5O2S2.C2H6/c27-19-8-6-18(7-9-19)25-24(17-4-2-1-3-5-17)16-33(31-25)26(30-21-14-22(15-21)35-37(29)34)32-36-23-12-10-20(28)11-13-23;1-2/h1-13,21-22,24H,14-16,29H2,(H,30,32);1-2H3. The summed E-state index contributed by atoms with van der Waals surface area (Å²) in [5.74, 6) is 0.689. The van der Waals surface area contributed by atoms with E-state index in [0.29, 0.717) is 35.4 Å². The Bertz CT molecular complexity index is 1300. The maximum Gasteiger partial charge on any atom is 0.231 e. The van der Waals surface area contributed by atoms with Crippen LogP contribution in [-0.4, -0.2) is 39.6 Å². The Morgan fingerprint density at radius 1 is 1.03 bits per heavy atom. The minimum atomic E-state index is -1.78. The predicted octanol–water partition coefficient (Wildman–Crippen LogP) is 6.56. The minimum Gasteiger partial charge on any atom is -0.295 e. The second-order valence-electron chi connectivity index (χ2n) is 8.75. The van der Waals surface area contributed by atoms with Crippen molar-refractivity contribution in [3.8, 4) is 0 Å². The van der Waals surface area contributed by atoms with Gasteiger partial charge >= 0.3 is 0 Å². The molecule has 0 bridgehead atoms. The number of nitrogens with two attached hydrogens (primary N) is 1. The largest absolute Gasteiger partial charge is 0.295 e. The smallest absolute Gasteiger partial charge is 0.231 e. The van der Waals surface area contributed by atoms with Gasteiger partial charge in [-0.1, -0.05) is 79.5 Å². The molecule has 0 saturated heterocycles. The second-order valence-corrected chi connectivity index (χ2v) is 11.2. The third-order valence-corrected chi connectivity index (χ3v) is 7.94. The Morgan fingerprint density at radius 3 is 2.26 bits per heavy atom. The molecule has 1 heterocycles. The molecule has 39 heavy (non-hydrogen) atoms. The van der Waals surface area contributed by atoms with Gasteiger partial charge in [0.05, 0.1) is 24.4 Å². The van der Waals surface area contributed by atoms with Gasteiger partial charge in [-0.3, -0.25) is 8.91 Å². The fourth-order valence-corrected chi connectivity index (χ4v) is 5.56. The van der Waals surface area contributed by atoms with Crippen molar-refractivity contribution < 1.29 is 8.39 Å². The molecule has 0 radical (unpaired) electrons. The molecule has 206 valence electrons. The molecule has 5 rings (SSSR count). The molecule has 11 heteroatoms. The van der Waals surface area contributed by atoms with Crippen LogP contribution in [0.4, 0.5) is 0 Å². The highest BCUT2D eigenvalue weighted by Gasteiger charge is 2.35. The lowest BCUT2D eigenvalue weighted by Gasteiger charge is -2.32. The normalized spacial score (nSPS) is 21.4. The molecule has 1 fully saturated rings. The molecule has 7 nitrogen and oxygen atoms in total. The van der Waals surface area contributed by atoms with Gasteiger partial charge in [0.25, 0.3) is 0 Å². The molecular weight excluding hydrogens is 573 g/mol. The van der Waals surface area contributed by atoms with E-state index in [1.165, 1.54) is 17.5 Å². The van der Waals surface area contributed by atoms with Gasteiger partial charge in [0, 0.05) is 20.9 Å². The Balaban J connectivity index is 0.00000172. The number of halogens is 2. The van der Waals surface area contributed by atoms with Crippen LogP contribution in [0.15, 0.2) is 93.9 Å². The molecule has 2 unspecified atom stereocenters. The van der Waals surface area contributed by atoms with Crippen molar-refractivity contribution in [3.63, 3.8) is 0 Å². The number of rotatable bonds is 7. The zero-order valence-corrected chi connectivity index (χ0v) is 24.8. The van der Waals surface area contributed by atoms with Crippen molar-refractivity contribution in [1.29, 1.82) is 0 Å². The number of guanidine groups is 1. The summed E-state index contributed by atoms with van der Waals surface area (Å²) in [6.45, 7) is 4.62. The van der Waals surface area contributed by atoms with Crippen LogP contribution in [0.1, 0.15) is 43.7 Å².